The maximum absolute atomic E-state index is 5.73. The first-order valence-corrected chi connectivity index (χ1v) is 5.21. The van der Waals surface area contributed by atoms with Crippen LogP contribution >= 0.6 is 0 Å². The Morgan fingerprint density at radius 3 is 3.33 bits per heavy atom. The Balaban J connectivity index is 1.91. The molecule has 1 atom stereocenters. The topological polar surface area (TPSA) is 43.4 Å². The van der Waals surface area contributed by atoms with Crippen LogP contribution in [0.1, 0.15) is 12.0 Å². The summed E-state index contributed by atoms with van der Waals surface area (Å²) in [4.78, 5) is 4.22. The summed E-state index contributed by atoms with van der Waals surface area (Å²) < 4.78 is 11.0. The van der Waals surface area contributed by atoms with Crippen molar-refractivity contribution >= 4 is 5.82 Å². The van der Waals surface area contributed by atoms with Crippen molar-refractivity contribution in [1.29, 1.82) is 0 Å². The first-order chi connectivity index (χ1) is 7.40. The quantitative estimate of drug-likeness (QED) is 0.813. The third-order valence-corrected chi connectivity index (χ3v) is 2.49. The van der Waals surface area contributed by atoms with Crippen LogP contribution in [-0.4, -0.2) is 31.3 Å². The zero-order valence-electron chi connectivity index (χ0n) is 8.90. The normalized spacial score (nSPS) is 20.5. The Morgan fingerprint density at radius 1 is 1.67 bits per heavy atom. The van der Waals surface area contributed by atoms with E-state index in [0.29, 0.717) is 6.61 Å². The van der Waals surface area contributed by atoms with Crippen LogP contribution in [0.25, 0.3) is 0 Å². The summed E-state index contributed by atoms with van der Waals surface area (Å²) >= 11 is 0. The fourth-order valence-corrected chi connectivity index (χ4v) is 1.63. The van der Waals surface area contributed by atoms with Gasteiger partial charge in [0.25, 0.3) is 0 Å². The predicted molar refractivity (Wildman–Crippen MR) is 57.8 cm³/mol. The van der Waals surface area contributed by atoms with Crippen molar-refractivity contribution in [3.05, 3.63) is 23.9 Å². The molecule has 82 valence electrons. The minimum atomic E-state index is 0.245. The lowest BCUT2D eigenvalue weighted by Crippen LogP contribution is -2.12. The summed E-state index contributed by atoms with van der Waals surface area (Å²) in [6.07, 6.45) is 3.01. The van der Waals surface area contributed by atoms with E-state index in [2.05, 4.69) is 10.3 Å². The molecule has 1 aliphatic heterocycles. The van der Waals surface area contributed by atoms with Crippen LogP contribution in [0.4, 0.5) is 5.82 Å². The number of rotatable bonds is 4. The van der Waals surface area contributed by atoms with Crippen LogP contribution in [0.5, 0.6) is 0 Å². The summed E-state index contributed by atoms with van der Waals surface area (Å²) in [6, 6.07) is 3.94. The minimum Gasteiger partial charge on any atom is -0.379 e. The van der Waals surface area contributed by atoms with Gasteiger partial charge in [-0.3, -0.25) is 0 Å². The van der Waals surface area contributed by atoms with Gasteiger partial charge in [-0.05, 0) is 12.5 Å². The molecule has 1 fully saturated rings. The molecule has 2 heterocycles. The van der Waals surface area contributed by atoms with Gasteiger partial charge in [0.1, 0.15) is 5.82 Å². The van der Waals surface area contributed by atoms with E-state index < -0.39 is 0 Å². The number of anilines is 1. The number of hydrogen-bond acceptors (Lipinski definition) is 4. The zero-order chi connectivity index (χ0) is 10.5. The van der Waals surface area contributed by atoms with Gasteiger partial charge >= 0.3 is 0 Å². The average Bonchev–Trinajstić information content (AvgIpc) is 2.79. The van der Waals surface area contributed by atoms with Gasteiger partial charge in [-0.2, -0.15) is 0 Å². The molecule has 0 spiro atoms. The molecule has 0 aromatic carbocycles. The van der Waals surface area contributed by atoms with Crippen LogP contribution in [0, 0.1) is 0 Å². The Morgan fingerprint density at radius 2 is 2.60 bits per heavy atom. The Hall–Kier alpha value is -1.13. The summed E-state index contributed by atoms with van der Waals surface area (Å²) in [5.74, 6) is 0.886. The number of ether oxygens (including phenoxy) is 2. The first kappa shape index (κ1) is 10.4. The highest BCUT2D eigenvalue weighted by atomic mass is 16.5. The molecule has 1 aromatic heterocycles. The van der Waals surface area contributed by atoms with Gasteiger partial charge in [0.05, 0.1) is 19.3 Å². The van der Waals surface area contributed by atoms with Crippen molar-refractivity contribution in [3.8, 4) is 0 Å². The lowest BCUT2D eigenvalue weighted by atomic mass is 10.2. The zero-order valence-corrected chi connectivity index (χ0v) is 8.90. The maximum Gasteiger partial charge on any atom is 0.131 e. The molecule has 0 saturated carbocycles. The fraction of sp³-hybridized carbons (Fsp3) is 0.545. The van der Waals surface area contributed by atoms with Crippen LogP contribution in [-0.2, 0) is 16.1 Å². The molecule has 4 nitrogen and oxygen atoms in total. The highest BCUT2D eigenvalue weighted by Gasteiger charge is 2.16. The molecule has 1 aliphatic rings. The van der Waals surface area contributed by atoms with Crippen LogP contribution in [0.2, 0.25) is 0 Å². The van der Waals surface area contributed by atoms with E-state index in [1.807, 2.05) is 19.2 Å². The molecule has 0 aliphatic carbocycles. The molecular formula is C11H16N2O2. The van der Waals surface area contributed by atoms with Crippen molar-refractivity contribution in [3.63, 3.8) is 0 Å². The summed E-state index contributed by atoms with van der Waals surface area (Å²) in [5.41, 5.74) is 1.09. The van der Waals surface area contributed by atoms with Gasteiger partial charge in [0.2, 0.25) is 0 Å². The number of nitrogens with zero attached hydrogens (tertiary/aromatic N) is 1. The molecule has 0 amide bonds. The van der Waals surface area contributed by atoms with Gasteiger partial charge in [0.15, 0.2) is 0 Å². The lowest BCUT2D eigenvalue weighted by Gasteiger charge is -2.11. The number of aromatic nitrogens is 1. The molecule has 1 aromatic rings. The van der Waals surface area contributed by atoms with E-state index in [4.69, 9.17) is 9.47 Å². The third kappa shape index (κ3) is 2.67. The monoisotopic (exact) mass is 208 g/mol. The Bertz CT molecular complexity index is 311. The van der Waals surface area contributed by atoms with Crippen molar-refractivity contribution in [2.24, 2.45) is 0 Å². The Kier molecular flexibility index (Phi) is 3.53. The SMILES string of the molecule is CNc1ncccc1COC1CCOC1. The van der Waals surface area contributed by atoms with E-state index in [0.717, 1.165) is 31.0 Å². The Labute approximate surface area is 89.6 Å². The molecule has 1 N–H and O–H groups in total. The second-order valence-electron chi connectivity index (χ2n) is 3.56. The van der Waals surface area contributed by atoms with Gasteiger partial charge in [-0.25, -0.2) is 4.98 Å². The molecule has 1 saturated heterocycles. The molecule has 2 rings (SSSR count). The molecule has 15 heavy (non-hydrogen) atoms. The van der Waals surface area contributed by atoms with E-state index in [-0.39, 0.29) is 6.10 Å². The molecule has 1 unspecified atom stereocenters. The highest BCUT2D eigenvalue weighted by molar-refractivity contribution is 5.42. The van der Waals surface area contributed by atoms with Gasteiger partial charge in [-0.15, -0.1) is 0 Å². The minimum absolute atomic E-state index is 0.245. The summed E-state index contributed by atoms with van der Waals surface area (Å²) in [6.45, 7) is 2.13. The molecule has 4 heteroatoms. The number of pyridine rings is 1. The van der Waals surface area contributed by atoms with E-state index in [9.17, 15) is 0 Å². The molecule has 0 bridgehead atoms. The number of hydrogen-bond donors (Lipinski definition) is 1. The lowest BCUT2D eigenvalue weighted by molar-refractivity contribution is 0.0319. The molecule has 0 radical (unpaired) electrons. The average molecular weight is 208 g/mol. The van der Waals surface area contributed by atoms with Crippen LogP contribution in [0.15, 0.2) is 18.3 Å². The van der Waals surface area contributed by atoms with Gasteiger partial charge in [-0.1, -0.05) is 6.07 Å². The smallest absolute Gasteiger partial charge is 0.131 e. The van der Waals surface area contributed by atoms with Crippen LogP contribution in [0.3, 0.4) is 0 Å². The van der Waals surface area contributed by atoms with Gasteiger partial charge < -0.3 is 14.8 Å². The highest BCUT2D eigenvalue weighted by Crippen LogP contribution is 2.15. The summed E-state index contributed by atoms with van der Waals surface area (Å²) in [7, 11) is 1.87. The second kappa shape index (κ2) is 5.09. The van der Waals surface area contributed by atoms with E-state index in [1.165, 1.54) is 0 Å². The fourth-order valence-electron chi connectivity index (χ4n) is 1.63. The van der Waals surface area contributed by atoms with Crippen LogP contribution < -0.4 is 5.32 Å². The summed E-state index contributed by atoms with van der Waals surface area (Å²) in [5, 5.41) is 3.05. The van der Waals surface area contributed by atoms with Crippen molar-refractivity contribution in [1.82, 2.24) is 4.98 Å². The van der Waals surface area contributed by atoms with Crippen molar-refractivity contribution in [2.45, 2.75) is 19.1 Å². The first-order valence-electron chi connectivity index (χ1n) is 5.21. The van der Waals surface area contributed by atoms with Crippen molar-refractivity contribution < 1.29 is 9.47 Å². The maximum atomic E-state index is 5.73. The standard InChI is InChI=1S/C11H16N2O2/c1-12-11-9(3-2-5-13-11)7-15-10-4-6-14-8-10/h2-3,5,10H,4,6-8H2,1H3,(H,12,13). The third-order valence-electron chi connectivity index (χ3n) is 2.49. The largest absolute Gasteiger partial charge is 0.379 e. The van der Waals surface area contributed by atoms with E-state index in [1.54, 1.807) is 6.20 Å². The van der Waals surface area contributed by atoms with Crippen molar-refractivity contribution in [2.75, 3.05) is 25.6 Å². The second-order valence-corrected chi connectivity index (χ2v) is 3.56. The van der Waals surface area contributed by atoms with Gasteiger partial charge in [0, 0.05) is 25.4 Å². The molecular weight excluding hydrogens is 192 g/mol. The van der Waals surface area contributed by atoms with E-state index >= 15 is 0 Å². The predicted octanol–water partition coefficient (Wildman–Crippen LogP) is 1.43. The number of nitrogens with one attached hydrogen (secondary N) is 1.